The molecule has 0 fully saturated rings. The number of nitrogens with one attached hydrogen (secondary N) is 1. The second kappa shape index (κ2) is 6.60. The van der Waals surface area contributed by atoms with E-state index < -0.39 is 6.10 Å². The summed E-state index contributed by atoms with van der Waals surface area (Å²) in [5.41, 5.74) is 3.31. The van der Waals surface area contributed by atoms with Gasteiger partial charge in [0.2, 0.25) is 6.10 Å². The molecule has 2 aromatic carbocycles. The second-order valence-electron chi connectivity index (χ2n) is 5.58. The van der Waals surface area contributed by atoms with E-state index in [9.17, 15) is 4.79 Å². The number of hydrogen-bond donors (Lipinski definition) is 1. The van der Waals surface area contributed by atoms with Crippen LogP contribution in [0.15, 0.2) is 66.0 Å². The van der Waals surface area contributed by atoms with Crippen LogP contribution < -0.4 is 14.9 Å². The lowest BCUT2D eigenvalue weighted by Gasteiger charge is -2.25. The highest BCUT2D eigenvalue weighted by Gasteiger charge is 2.27. The largest absolute Gasteiger partial charge is 0.485 e. The topological polar surface area (TPSA) is 72.8 Å². The minimum Gasteiger partial charge on any atom is -0.485 e. The fraction of sp³-hybridized carbons (Fsp3) is 0.105. The summed E-state index contributed by atoms with van der Waals surface area (Å²) in [5, 5.41) is 6.03. The van der Waals surface area contributed by atoms with E-state index in [1.165, 1.54) is 0 Å². The van der Waals surface area contributed by atoms with Gasteiger partial charge >= 0.3 is 0 Å². The number of fused-ring (bicyclic) bond motifs is 2. The lowest BCUT2D eigenvalue weighted by molar-refractivity contribution is -0.130. The average Bonchev–Trinajstić information content (AvgIpc) is 2.66. The van der Waals surface area contributed by atoms with Crippen molar-refractivity contribution in [1.29, 1.82) is 0 Å². The zero-order valence-corrected chi connectivity index (χ0v) is 13.3. The number of aromatic nitrogens is 1. The predicted molar refractivity (Wildman–Crippen MR) is 93.8 cm³/mol. The fourth-order valence-corrected chi connectivity index (χ4v) is 2.58. The van der Waals surface area contributed by atoms with Gasteiger partial charge in [-0.15, -0.1) is 0 Å². The summed E-state index contributed by atoms with van der Waals surface area (Å²) in [7, 11) is 0. The maximum atomic E-state index is 12.2. The molecule has 0 saturated carbocycles. The lowest BCUT2D eigenvalue weighted by Crippen LogP contribution is -2.42. The Bertz CT molecular complexity index is 941. The van der Waals surface area contributed by atoms with E-state index in [4.69, 9.17) is 9.47 Å². The minimum absolute atomic E-state index is 0.141. The van der Waals surface area contributed by atoms with Crippen molar-refractivity contribution in [3.8, 4) is 11.5 Å². The molecule has 1 aromatic heterocycles. The first-order valence-corrected chi connectivity index (χ1v) is 7.85. The Morgan fingerprint density at radius 1 is 1.12 bits per heavy atom. The summed E-state index contributed by atoms with van der Waals surface area (Å²) in [5.74, 6) is 0.843. The Kier molecular flexibility index (Phi) is 4.00. The average molecular weight is 333 g/mol. The SMILES string of the molecule is O=C(N/N=C\c1ccncc1)C1COc2cc3ccccc3cc2O1. The highest BCUT2D eigenvalue weighted by Crippen LogP contribution is 2.35. The van der Waals surface area contributed by atoms with Crippen molar-refractivity contribution in [2.75, 3.05) is 6.61 Å². The number of carbonyl (C=O) groups excluding carboxylic acids is 1. The standard InChI is InChI=1S/C19H15N3O3/c23-19(22-21-11-13-5-7-20-8-6-13)18-12-24-16-9-14-3-1-2-4-15(14)10-17(16)25-18/h1-11,18H,12H2,(H,22,23)/b21-11-. The third-order valence-electron chi connectivity index (χ3n) is 3.86. The maximum Gasteiger partial charge on any atom is 0.284 e. The number of hydrazone groups is 1. The van der Waals surface area contributed by atoms with Crippen molar-refractivity contribution in [3.63, 3.8) is 0 Å². The molecule has 1 unspecified atom stereocenters. The molecule has 4 rings (SSSR count). The Hall–Kier alpha value is -3.41. The first kappa shape index (κ1) is 15.1. The lowest BCUT2D eigenvalue weighted by atomic mass is 10.1. The highest BCUT2D eigenvalue weighted by atomic mass is 16.6. The Morgan fingerprint density at radius 3 is 2.60 bits per heavy atom. The number of pyridine rings is 1. The molecule has 0 spiro atoms. The number of hydrogen-bond acceptors (Lipinski definition) is 5. The van der Waals surface area contributed by atoms with Gasteiger partial charge in [0.25, 0.3) is 5.91 Å². The highest BCUT2D eigenvalue weighted by molar-refractivity contribution is 5.87. The van der Waals surface area contributed by atoms with Gasteiger partial charge in [0.15, 0.2) is 11.5 Å². The Morgan fingerprint density at radius 2 is 1.84 bits per heavy atom. The van der Waals surface area contributed by atoms with Crippen LogP contribution in [0, 0.1) is 0 Å². The molecule has 0 bridgehead atoms. The van der Waals surface area contributed by atoms with Crippen molar-refractivity contribution >= 4 is 22.9 Å². The first-order chi connectivity index (χ1) is 12.3. The van der Waals surface area contributed by atoms with E-state index in [1.807, 2.05) is 36.4 Å². The molecule has 3 aromatic rings. The van der Waals surface area contributed by atoms with Crippen LogP contribution in [-0.4, -0.2) is 29.8 Å². The van der Waals surface area contributed by atoms with Crippen LogP contribution in [-0.2, 0) is 4.79 Å². The monoisotopic (exact) mass is 333 g/mol. The van der Waals surface area contributed by atoms with Gasteiger partial charge < -0.3 is 9.47 Å². The third kappa shape index (κ3) is 3.28. The molecule has 6 nitrogen and oxygen atoms in total. The van der Waals surface area contributed by atoms with Crippen LogP contribution in [0.3, 0.4) is 0 Å². The summed E-state index contributed by atoms with van der Waals surface area (Å²) < 4.78 is 11.5. The molecule has 1 amide bonds. The molecule has 1 aliphatic heterocycles. The molecule has 25 heavy (non-hydrogen) atoms. The first-order valence-electron chi connectivity index (χ1n) is 7.85. The number of benzene rings is 2. The van der Waals surface area contributed by atoms with Gasteiger partial charge in [0.05, 0.1) is 6.21 Å². The van der Waals surface area contributed by atoms with E-state index >= 15 is 0 Å². The molecule has 0 saturated heterocycles. The van der Waals surface area contributed by atoms with Crippen LogP contribution in [0.5, 0.6) is 11.5 Å². The van der Waals surface area contributed by atoms with Gasteiger partial charge in [-0.05, 0) is 40.6 Å². The van der Waals surface area contributed by atoms with E-state index in [0.717, 1.165) is 16.3 Å². The van der Waals surface area contributed by atoms with Crippen molar-refractivity contribution in [2.45, 2.75) is 6.10 Å². The van der Waals surface area contributed by atoms with Gasteiger partial charge in [-0.2, -0.15) is 5.10 Å². The van der Waals surface area contributed by atoms with E-state index in [1.54, 1.807) is 30.7 Å². The van der Waals surface area contributed by atoms with E-state index in [0.29, 0.717) is 11.5 Å². The zero-order chi connectivity index (χ0) is 17.1. The zero-order valence-electron chi connectivity index (χ0n) is 13.3. The maximum absolute atomic E-state index is 12.2. The summed E-state index contributed by atoms with van der Waals surface area (Å²) in [4.78, 5) is 16.1. The fourth-order valence-electron chi connectivity index (χ4n) is 2.58. The summed E-state index contributed by atoms with van der Waals surface area (Å²) in [6, 6.07) is 15.3. The van der Waals surface area contributed by atoms with Gasteiger partial charge in [-0.25, -0.2) is 5.43 Å². The quantitative estimate of drug-likeness (QED) is 0.590. The van der Waals surface area contributed by atoms with Crippen LogP contribution in [0.25, 0.3) is 10.8 Å². The Labute approximate surface area is 144 Å². The summed E-state index contributed by atoms with van der Waals surface area (Å²) >= 11 is 0. The van der Waals surface area contributed by atoms with Crippen LogP contribution in [0.4, 0.5) is 0 Å². The second-order valence-corrected chi connectivity index (χ2v) is 5.58. The number of rotatable bonds is 3. The van der Waals surface area contributed by atoms with Crippen LogP contribution in [0.1, 0.15) is 5.56 Å². The van der Waals surface area contributed by atoms with Gasteiger partial charge in [-0.1, -0.05) is 24.3 Å². The molecular formula is C19H15N3O3. The van der Waals surface area contributed by atoms with E-state index in [-0.39, 0.29) is 12.5 Å². The van der Waals surface area contributed by atoms with Crippen molar-refractivity contribution in [2.24, 2.45) is 5.10 Å². The van der Waals surface area contributed by atoms with Gasteiger partial charge in [0, 0.05) is 12.4 Å². The van der Waals surface area contributed by atoms with Gasteiger partial charge in [-0.3, -0.25) is 9.78 Å². The molecule has 6 heteroatoms. The van der Waals surface area contributed by atoms with Crippen molar-refractivity contribution < 1.29 is 14.3 Å². The molecule has 1 aliphatic rings. The van der Waals surface area contributed by atoms with Crippen molar-refractivity contribution in [3.05, 3.63) is 66.5 Å². The molecule has 124 valence electrons. The Balaban J connectivity index is 1.45. The molecule has 0 aliphatic carbocycles. The molecule has 2 heterocycles. The minimum atomic E-state index is -0.747. The molecule has 1 atom stereocenters. The predicted octanol–water partition coefficient (Wildman–Crippen LogP) is 2.52. The summed E-state index contributed by atoms with van der Waals surface area (Å²) in [6.07, 6.45) is 4.11. The number of ether oxygens (including phenoxy) is 2. The normalized spacial score (nSPS) is 16.1. The van der Waals surface area contributed by atoms with Crippen LogP contribution in [0.2, 0.25) is 0 Å². The molecular weight excluding hydrogens is 318 g/mol. The smallest absolute Gasteiger partial charge is 0.284 e. The number of nitrogens with zero attached hydrogens (tertiary/aromatic N) is 2. The van der Waals surface area contributed by atoms with Crippen LogP contribution >= 0.6 is 0 Å². The number of carbonyl (C=O) groups is 1. The number of amides is 1. The summed E-state index contributed by atoms with van der Waals surface area (Å²) in [6.45, 7) is 0.141. The molecule has 1 N–H and O–H groups in total. The van der Waals surface area contributed by atoms with E-state index in [2.05, 4.69) is 15.5 Å². The van der Waals surface area contributed by atoms with Gasteiger partial charge in [0.1, 0.15) is 6.61 Å². The van der Waals surface area contributed by atoms with Crippen molar-refractivity contribution in [1.82, 2.24) is 10.4 Å². The molecule has 0 radical (unpaired) electrons. The third-order valence-corrected chi connectivity index (χ3v) is 3.86.